The molecule has 1 rings (SSSR count). The number of carbonyl (C=O) groups is 2. The number of sulfone groups is 1. The van der Waals surface area contributed by atoms with Gasteiger partial charge in [0.15, 0.2) is 9.84 Å². The summed E-state index contributed by atoms with van der Waals surface area (Å²) in [6, 6.07) is 5.53. The van der Waals surface area contributed by atoms with Gasteiger partial charge in [-0.05, 0) is 24.1 Å². The standard InChI is InChI=1S/C14H19NO5S/c1-2-3-8-15-13(16)10-21(19,20)12-6-4-11(5-7-12)9-14(17)18/h4-7H,2-3,8-10H2,1H3,(H,15,16)(H,17,18). The number of carboxylic acid groups (broad SMARTS) is 1. The highest BCUT2D eigenvalue weighted by Crippen LogP contribution is 2.13. The summed E-state index contributed by atoms with van der Waals surface area (Å²) in [5.41, 5.74) is 0.508. The van der Waals surface area contributed by atoms with E-state index in [0.29, 0.717) is 12.1 Å². The number of benzene rings is 1. The summed E-state index contributed by atoms with van der Waals surface area (Å²) in [6.07, 6.45) is 1.55. The summed E-state index contributed by atoms with van der Waals surface area (Å²) in [7, 11) is -3.70. The molecule has 0 unspecified atom stereocenters. The number of hydrogen-bond acceptors (Lipinski definition) is 4. The summed E-state index contributed by atoms with van der Waals surface area (Å²) in [4.78, 5) is 22.1. The molecule has 7 heteroatoms. The molecule has 1 aromatic rings. The molecule has 0 aliphatic rings. The first kappa shape index (κ1) is 17.2. The second-order valence-electron chi connectivity index (χ2n) is 4.68. The molecule has 0 aliphatic heterocycles. The normalized spacial score (nSPS) is 11.1. The fourth-order valence-electron chi connectivity index (χ4n) is 1.70. The van der Waals surface area contributed by atoms with Crippen molar-refractivity contribution >= 4 is 21.7 Å². The van der Waals surface area contributed by atoms with Crippen LogP contribution in [0.25, 0.3) is 0 Å². The first-order valence-electron chi connectivity index (χ1n) is 6.65. The average Bonchev–Trinajstić information content (AvgIpc) is 2.38. The molecule has 0 fully saturated rings. The number of unbranched alkanes of at least 4 members (excludes halogenated alkanes) is 1. The van der Waals surface area contributed by atoms with Crippen molar-refractivity contribution in [2.75, 3.05) is 12.3 Å². The van der Waals surface area contributed by atoms with E-state index in [1.807, 2.05) is 6.92 Å². The number of carboxylic acids is 1. The third kappa shape index (κ3) is 5.95. The van der Waals surface area contributed by atoms with Gasteiger partial charge >= 0.3 is 5.97 Å². The quantitative estimate of drug-likeness (QED) is 0.697. The monoisotopic (exact) mass is 313 g/mol. The Morgan fingerprint density at radius 1 is 1.19 bits per heavy atom. The Hall–Kier alpha value is -1.89. The van der Waals surface area contributed by atoms with Crippen molar-refractivity contribution in [3.8, 4) is 0 Å². The van der Waals surface area contributed by atoms with Crippen LogP contribution < -0.4 is 5.32 Å². The predicted octanol–water partition coefficient (Wildman–Crippen LogP) is 1.00. The largest absolute Gasteiger partial charge is 0.481 e. The lowest BCUT2D eigenvalue weighted by molar-refractivity contribution is -0.136. The van der Waals surface area contributed by atoms with E-state index in [1.54, 1.807) is 0 Å². The SMILES string of the molecule is CCCCNC(=O)CS(=O)(=O)c1ccc(CC(=O)O)cc1. The first-order chi connectivity index (χ1) is 9.85. The van der Waals surface area contributed by atoms with Crippen molar-refractivity contribution in [2.45, 2.75) is 31.1 Å². The van der Waals surface area contributed by atoms with Crippen LogP contribution in [0.1, 0.15) is 25.3 Å². The Morgan fingerprint density at radius 2 is 1.81 bits per heavy atom. The molecule has 6 nitrogen and oxygen atoms in total. The van der Waals surface area contributed by atoms with E-state index in [0.717, 1.165) is 12.8 Å². The fourth-order valence-corrected chi connectivity index (χ4v) is 2.87. The number of nitrogens with one attached hydrogen (secondary N) is 1. The number of amides is 1. The molecule has 1 amide bonds. The van der Waals surface area contributed by atoms with Crippen molar-refractivity contribution in [1.29, 1.82) is 0 Å². The van der Waals surface area contributed by atoms with Crippen molar-refractivity contribution < 1.29 is 23.1 Å². The van der Waals surface area contributed by atoms with E-state index in [-0.39, 0.29) is 11.3 Å². The number of hydrogen-bond donors (Lipinski definition) is 2. The fraction of sp³-hybridized carbons (Fsp3) is 0.429. The highest BCUT2D eigenvalue weighted by molar-refractivity contribution is 7.92. The Bertz CT molecular complexity index is 592. The van der Waals surface area contributed by atoms with Gasteiger partial charge in [0.2, 0.25) is 5.91 Å². The lowest BCUT2D eigenvalue weighted by Gasteiger charge is -2.06. The molecule has 1 aromatic carbocycles. The van der Waals surface area contributed by atoms with E-state index >= 15 is 0 Å². The van der Waals surface area contributed by atoms with Gasteiger partial charge in [0.25, 0.3) is 0 Å². The Morgan fingerprint density at radius 3 is 2.33 bits per heavy atom. The molecule has 0 spiro atoms. The molecule has 0 saturated carbocycles. The minimum atomic E-state index is -3.70. The van der Waals surface area contributed by atoms with Crippen LogP contribution in [0.2, 0.25) is 0 Å². The van der Waals surface area contributed by atoms with Crippen LogP contribution in [0.5, 0.6) is 0 Å². The number of aliphatic carboxylic acids is 1. The zero-order chi connectivity index (χ0) is 15.9. The van der Waals surface area contributed by atoms with Crippen LogP contribution in [0.15, 0.2) is 29.2 Å². The van der Waals surface area contributed by atoms with E-state index in [4.69, 9.17) is 5.11 Å². The highest BCUT2D eigenvalue weighted by Gasteiger charge is 2.19. The van der Waals surface area contributed by atoms with Crippen molar-refractivity contribution in [3.05, 3.63) is 29.8 Å². The Labute approximate surface area is 124 Å². The molecule has 0 radical (unpaired) electrons. The zero-order valence-electron chi connectivity index (χ0n) is 11.8. The maximum atomic E-state index is 12.0. The number of carbonyl (C=O) groups excluding carboxylic acids is 1. The topological polar surface area (TPSA) is 101 Å². The minimum Gasteiger partial charge on any atom is -0.481 e. The van der Waals surface area contributed by atoms with E-state index in [1.165, 1.54) is 24.3 Å². The van der Waals surface area contributed by atoms with Gasteiger partial charge in [-0.3, -0.25) is 9.59 Å². The van der Waals surface area contributed by atoms with Gasteiger partial charge in [-0.2, -0.15) is 0 Å². The first-order valence-corrected chi connectivity index (χ1v) is 8.30. The molecule has 0 saturated heterocycles. The van der Waals surface area contributed by atoms with Gasteiger partial charge in [-0.25, -0.2) is 8.42 Å². The van der Waals surface area contributed by atoms with Crippen LogP contribution in [0.3, 0.4) is 0 Å². The molecular formula is C14H19NO5S. The van der Waals surface area contributed by atoms with E-state index in [9.17, 15) is 18.0 Å². The zero-order valence-corrected chi connectivity index (χ0v) is 12.6. The van der Waals surface area contributed by atoms with Crippen molar-refractivity contribution in [2.24, 2.45) is 0 Å². The van der Waals surface area contributed by atoms with Gasteiger partial charge in [0, 0.05) is 6.54 Å². The second-order valence-corrected chi connectivity index (χ2v) is 6.67. The maximum absolute atomic E-state index is 12.0. The molecule has 0 atom stereocenters. The van der Waals surface area contributed by atoms with Gasteiger partial charge in [0.1, 0.15) is 5.75 Å². The smallest absolute Gasteiger partial charge is 0.307 e. The lowest BCUT2D eigenvalue weighted by atomic mass is 10.2. The van der Waals surface area contributed by atoms with Gasteiger partial charge in [-0.1, -0.05) is 25.5 Å². The molecule has 0 heterocycles. The van der Waals surface area contributed by atoms with Crippen molar-refractivity contribution in [1.82, 2.24) is 5.32 Å². The van der Waals surface area contributed by atoms with Crippen LogP contribution in [-0.2, 0) is 25.8 Å². The molecule has 0 aromatic heterocycles. The third-order valence-corrected chi connectivity index (χ3v) is 4.44. The second kappa shape index (κ2) is 7.78. The van der Waals surface area contributed by atoms with Crippen LogP contribution in [-0.4, -0.2) is 37.7 Å². The Kier molecular flexibility index (Phi) is 6.36. The van der Waals surface area contributed by atoms with Gasteiger partial charge < -0.3 is 10.4 Å². The lowest BCUT2D eigenvalue weighted by Crippen LogP contribution is -2.31. The summed E-state index contributed by atoms with van der Waals surface area (Å²) in [5, 5.41) is 11.2. The van der Waals surface area contributed by atoms with Gasteiger partial charge in [-0.15, -0.1) is 0 Å². The molecule has 2 N–H and O–H groups in total. The van der Waals surface area contributed by atoms with Gasteiger partial charge in [0.05, 0.1) is 11.3 Å². The van der Waals surface area contributed by atoms with E-state index < -0.39 is 27.5 Å². The summed E-state index contributed by atoms with van der Waals surface area (Å²) in [6.45, 7) is 2.43. The van der Waals surface area contributed by atoms with Crippen LogP contribution >= 0.6 is 0 Å². The summed E-state index contributed by atoms with van der Waals surface area (Å²) >= 11 is 0. The molecule has 0 aliphatic carbocycles. The third-order valence-electron chi connectivity index (χ3n) is 2.81. The summed E-state index contributed by atoms with van der Waals surface area (Å²) in [5.74, 6) is -2.12. The molecular weight excluding hydrogens is 294 g/mol. The highest BCUT2D eigenvalue weighted by atomic mass is 32.2. The van der Waals surface area contributed by atoms with Crippen molar-refractivity contribution in [3.63, 3.8) is 0 Å². The Balaban J connectivity index is 2.69. The number of rotatable bonds is 8. The van der Waals surface area contributed by atoms with Crippen LogP contribution in [0.4, 0.5) is 0 Å². The summed E-state index contributed by atoms with van der Waals surface area (Å²) < 4.78 is 24.1. The molecule has 21 heavy (non-hydrogen) atoms. The van der Waals surface area contributed by atoms with E-state index in [2.05, 4.69) is 5.32 Å². The molecule has 116 valence electrons. The molecule has 0 bridgehead atoms. The average molecular weight is 313 g/mol. The maximum Gasteiger partial charge on any atom is 0.307 e. The van der Waals surface area contributed by atoms with Crippen LogP contribution in [0, 0.1) is 0 Å². The predicted molar refractivity (Wildman–Crippen MR) is 77.8 cm³/mol. The minimum absolute atomic E-state index is 0.0160.